The molecule has 1 aliphatic rings. The predicted molar refractivity (Wildman–Crippen MR) is 126 cm³/mol. The van der Waals surface area contributed by atoms with Gasteiger partial charge >= 0.3 is 5.97 Å². The van der Waals surface area contributed by atoms with Gasteiger partial charge in [-0.2, -0.15) is 5.26 Å². The molecule has 180 valence electrons. The largest absolute Gasteiger partial charge is 0.466 e. The van der Waals surface area contributed by atoms with Crippen molar-refractivity contribution in [2.24, 2.45) is 5.92 Å². The molecule has 1 aliphatic heterocycles. The lowest BCUT2D eigenvalue weighted by Crippen LogP contribution is -2.39. The zero-order chi connectivity index (χ0) is 24.7. The first-order valence-corrected chi connectivity index (χ1v) is 11.2. The number of ether oxygens (including phenoxy) is 2. The Morgan fingerprint density at radius 1 is 1.35 bits per heavy atom. The van der Waals surface area contributed by atoms with Crippen molar-refractivity contribution in [2.75, 3.05) is 44.9 Å². The fraction of sp³-hybridized carbons (Fsp3) is 0.458. The molecular weight excluding hydrogens is 438 g/mol. The van der Waals surface area contributed by atoms with E-state index in [-0.39, 0.29) is 35.1 Å². The van der Waals surface area contributed by atoms with Gasteiger partial charge in [0.2, 0.25) is 0 Å². The minimum atomic E-state index is -0.597. The molecular formula is C24H29N5O5. The van der Waals surface area contributed by atoms with E-state index in [1.54, 1.807) is 19.2 Å². The van der Waals surface area contributed by atoms with E-state index >= 15 is 0 Å². The summed E-state index contributed by atoms with van der Waals surface area (Å²) in [5.74, 6) is -0.636. The maximum atomic E-state index is 13.5. The molecule has 1 N–H and O–H groups in total. The summed E-state index contributed by atoms with van der Waals surface area (Å²) in [5, 5.41) is 12.2. The molecule has 0 atom stereocenters. The molecule has 1 saturated heterocycles. The number of carbonyl (C=O) groups excluding carboxylic acids is 2. The normalized spacial score (nSPS) is 14.6. The molecule has 2 aromatic rings. The lowest BCUT2D eigenvalue weighted by molar-refractivity contribution is -0.148. The van der Waals surface area contributed by atoms with Crippen LogP contribution in [0.2, 0.25) is 0 Å². The van der Waals surface area contributed by atoms with Crippen molar-refractivity contribution in [1.29, 1.82) is 5.26 Å². The van der Waals surface area contributed by atoms with E-state index in [0.717, 1.165) is 5.56 Å². The van der Waals surface area contributed by atoms with Gasteiger partial charge in [-0.15, -0.1) is 0 Å². The van der Waals surface area contributed by atoms with Crippen LogP contribution in [0.15, 0.2) is 28.7 Å². The number of aryl methyl sites for hydroxylation is 1. The first-order valence-electron chi connectivity index (χ1n) is 11.2. The lowest BCUT2D eigenvalue weighted by atomic mass is 9.96. The molecule has 34 heavy (non-hydrogen) atoms. The molecule has 0 unspecified atom stereocenters. The maximum absolute atomic E-state index is 13.5. The van der Waals surface area contributed by atoms with Gasteiger partial charge in [0.05, 0.1) is 24.7 Å². The zero-order valence-electron chi connectivity index (χ0n) is 19.7. The van der Waals surface area contributed by atoms with E-state index in [9.17, 15) is 19.6 Å². The molecule has 3 rings (SSSR count). The Morgan fingerprint density at radius 3 is 2.74 bits per heavy atom. The van der Waals surface area contributed by atoms with E-state index in [1.165, 1.54) is 17.6 Å². The average Bonchev–Trinajstić information content (AvgIpc) is 2.84. The second kappa shape index (κ2) is 11.4. The number of hydrogen-bond acceptors (Lipinski definition) is 8. The number of hydrogen-bond donors (Lipinski definition) is 1. The summed E-state index contributed by atoms with van der Waals surface area (Å²) in [6.07, 6.45) is 4.01. The molecule has 0 spiro atoms. The zero-order valence-corrected chi connectivity index (χ0v) is 19.7. The Labute approximate surface area is 197 Å². The third-order valence-electron chi connectivity index (χ3n) is 5.72. The smallest absolute Gasteiger partial charge is 0.309 e. The molecule has 2 aromatic heterocycles. The standard InChI is InChI=1S/C24H29N5O5/c1-4-34-24(32)17-7-11-28(12-8-17)21-19(14-18(15-25)22(30)26-9-13-33-3)23(31)29-10-5-6-16(2)20(29)27-21/h5-6,10,14,17H,4,7-9,11-13H2,1-3H3,(H,26,30). The van der Waals surface area contributed by atoms with Gasteiger partial charge in [0.25, 0.3) is 11.5 Å². The molecule has 0 aromatic carbocycles. The minimum Gasteiger partial charge on any atom is -0.466 e. The molecule has 0 radical (unpaired) electrons. The van der Waals surface area contributed by atoms with Gasteiger partial charge in [0, 0.05) is 32.9 Å². The number of aromatic nitrogens is 2. The molecule has 0 bridgehead atoms. The highest BCUT2D eigenvalue weighted by Crippen LogP contribution is 2.26. The fourth-order valence-electron chi connectivity index (χ4n) is 3.91. The van der Waals surface area contributed by atoms with E-state index in [4.69, 9.17) is 14.5 Å². The van der Waals surface area contributed by atoms with Crippen molar-refractivity contribution in [2.45, 2.75) is 26.7 Å². The predicted octanol–water partition coefficient (Wildman–Crippen LogP) is 1.45. The van der Waals surface area contributed by atoms with Crippen molar-refractivity contribution in [3.8, 4) is 6.07 Å². The molecule has 1 amide bonds. The summed E-state index contributed by atoms with van der Waals surface area (Å²) in [5.41, 5.74) is 0.876. The Kier molecular flexibility index (Phi) is 8.38. The highest BCUT2D eigenvalue weighted by molar-refractivity contribution is 6.02. The van der Waals surface area contributed by atoms with Crippen LogP contribution in [0.3, 0.4) is 0 Å². The summed E-state index contributed by atoms with van der Waals surface area (Å²) in [7, 11) is 1.51. The summed E-state index contributed by atoms with van der Waals surface area (Å²) in [6, 6.07) is 5.48. The Morgan fingerprint density at radius 2 is 2.09 bits per heavy atom. The van der Waals surface area contributed by atoms with Gasteiger partial charge in [-0.05, 0) is 44.4 Å². The summed E-state index contributed by atoms with van der Waals surface area (Å²) in [4.78, 5) is 44.8. The van der Waals surface area contributed by atoms with E-state index < -0.39 is 5.91 Å². The molecule has 0 saturated carbocycles. The van der Waals surface area contributed by atoms with Crippen LogP contribution in [0.5, 0.6) is 0 Å². The topological polar surface area (TPSA) is 126 Å². The summed E-state index contributed by atoms with van der Waals surface area (Å²) >= 11 is 0. The van der Waals surface area contributed by atoms with Crippen molar-refractivity contribution < 1.29 is 19.1 Å². The maximum Gasteiger partial charge on any atom is 0.309 e. The minimum absolute atomic E-state index is 0.149. The molecule has 3 heterocycles. The summed E-state index contributed by atoms with van der Waals surface area (Å²) in [6.45, 7) is 5.47. The van der Waals surface area contributed by atoms with Crippen LogP contribution in [-0.4, -0.2) is 61.2 Å². The first kappa shape index (κ1) is 24.9. The van der Waals surface area contributed by atoms with Gasteiger partial charge in [0.15, 0.2) is 0 Å². The quantitative estimate of drug-likeness (QED) is 0.268. The number of piperidine rings is 1. The second-order valence-electron chi connectivity index (χ2n) is 7.97. The third-order valence-corrected chi connectivity index (χ3v) is 5.72. The number of pyridine rings is 1. The van der Waals surface area contributed by atoms with Crippen LogP contribution < -0.4 is 15.8 Å². The van der Waals surface area contributed by atoms with E-state index in [0.29, 0.717) is 50.6 Å². The van der Waals surface area contributed by atoms with Crippen LogP contribution in [0.1, 0.15) is 30.9 Å². The van der Waals surface area contributed by atoms with Crippen LogP contribution >= 0.6 is 0 Å². The Bertz CT molecular complexity index is 1190. The Balaban J connectivity index is 2.03. The SMILES string of the molecule is CCOC(=O)C1CCN(c2nc3c(C)cccn3c(=O)c2C=C(C#N)C(=O)NCCOC)CC1. The first-order chi connectivity index (χ1) is 16.4. The second-order valence-corrected chi connectivity index (χ2v) is 7.97. The number of carbonyl (C=O) groups is 2. The molecule has 10 heteroatoms. The molecule has 1 fully saturated rings. The number of esters is 1. The van der Waals surface area contributed by atoms with Crippen LogP contribution in [0.4, 0.5) is 5.82 Å². The highest BCUT2D eigenvalue weighted by atomic mass is 16.5. The third kappa shape index (κ3) is 5.43. The fourth-order valence-corrected chi connectivity index (χ4v) is 3.91. The van der Waals surface area contributed by atoms with Crippen LogP contribution in [-0.2, 0) is 19.1 Å². The van der Waals surface area contributed by atoms with Gasteiger partial charge in [-0.3, -0.25) is 18.8 Å². The Hall–Kier alpha value is -3.71. The summed E-state index contributed by atoms with van der Waals surface area (Å²) < 4.78 is 11.5. The van der Waals surface area contributed by atoms with E-state index in [1.807, 2.05) is 24.0 Å². The molecule has 0 aliphatic carbocycles. The van der Waals surface area contributed by atoms with E-state index in [2.05, 4.69) is 5.32 Å². The van der Waals surface area contributed by atoms with Crippen molar-refractivity contribution in [3.63, 3.8) is 0 Å². The monoisotopic (exact) mass is 467 g/mol. The average molecular weight is 468 g/mol. The highest BCUT2D eigenvalue weighted by Gasteiger charge is 2.29. The molecule has 10 nitrogen and oxygen atoms in total. The van der Waals surface area contributed by atoms with Crippen LogP contribution in [0.25, 0.3) is 11.7 Å². The lowest BCUT2D eigenvalue weighted by Gasteiger charge is -2.32. The van der Waals surface area contributed by atoms with Gasteiger partial charge in [-0.25, -0.2) is 4.98 Å². The number of amides is 1. The number of methoxy groups -OCH3 is 1. The van der Waals surface area contributed by atoms with Gasteiger partial charge in [-0.1, -0.05) is 6.07 Å². The van der Waals surface area contributed by atoms with Crippen molar-refractivity contribution in [1.82, 2.24) is 14.7 Å². The number of fused-ring (bicyclic) bond motifs is 1. The number of nitrogens with zero attached hydrogens (tertiary/aromatic N) is 4. The van der Waals surface area contributed by atoms with Crippen LogP contribution in [0, 0.1) is 24.2 Å². The number of nitriles is 1. The number of nitrogens with one attached hydrogen (secondary N) is 1. The van der Waals surface area contributed by atoms with Crippen molar-refractivity contribution >= 4 is 29.4 Å². The van der Waals surface area contributed by atoms with Gasteiger partial charge in [0.1, 0.15) is 23.1 Å². The van der Waals surface area contributed by atoms with Crippen molar-refractivity contribution in [3.05, 3.63) is 45.4 Å². The number of anilines is 1. The number of rotatable bonds is 8. The van der Waals surface area contributed by atoms with Gasteiger partial charge < -0.3 is 19.7 Å².